The number of benzene rings is 1. The van der Waals surface area contributed by atoms with Crippen LogP contribution in [0.5, 0.6) is 0 Å². The van der Waals surface area contributed by atoms with Crippen LogP contribution in [0.15, 0.2) is 49.2 Å². The molecular formula is C22H21ClN8O2. The molecule has 1 aliphatic heterocycles. The summed E-state index contributed by atoms with van der Waals surface area (Å²) in [7, 11) is 0. The molecule has 0 bridgehead atoms. The topological polar surface area (TPSA) is 122 Å². The van der Waals surface area contributed by atoms with Crippen LogP contribution in [0.2, 0.25) is 5.02 Å². The van der Waals surface area contributed by atoms with E-state index in [0.29, 0.717) is 52.9 Å². The highest BCUT2D eigenvalue weighted by molar-refractivity contribution is 6.32. The highest BCUT2D eigenvalue weighted by atomic mass is 35.5. The lowest BCUT2D eigenvalue weighted by molar-refractivity contribution is -0.119. The van der Waals surface area contributed by atoms with Crippen LogP contribution < -0.4 is 5.32 Å². The van der Waals surface area contributed by atoms with E-state index in [4.69, 9.17) is 11.6 Å². The molecule has 3 aromatic heterocycles. The lowest BCUT2D eigenvalue weighted by Crippen LogP contribution is -2.52. The number of nitrogens with one attached hydrogen (secondary N) is 1. The number of aliphatic hydroxyl groups is 1. The maximum atomic E-state index is 13.4. The van der Waals surface area contributed by atoms with Gasteiger partial charge in [0, 0.05) is 19.6 Å². The van der Waals surface area contributed by atoms with Gasteiger partial charge in [0.25, 0.3) is 0 Å². The van der Waals surface area contributed by atoms with Crippen molar-refractivity contribution in [2.24, 2.45) is 0 Å². The van der Waals surface area contributed by atoms with Crippen LogP contribution in [0, 0.1) is 6.92 Å². The van der Waals surface area contributed by atoms with Crippen molar-refractivity contribution in [3.63, 3.8) is 0 Å². The second-order valence-electron chi connectivity index (χ2n) is 7.96. The number of β-amino-alcohol motifs (C(OH)–C–C–N with tert-alkyl or cyclic N) is 1. The van der Waals surface area contributed by atoms with Gasteiger partial charge in [-0.2, -0.15) is 5.10 Å². The van der Waals surface area contributed by atoms with Crippen LogP contribution in [0.1, 0.15) is 17.3 Å². The number of anilines is 1. The van der Waals surface area contributed by atoms with Crippen LogP contribution >= 0.6 is 11.6 Å². The minimum absolute atomic E-state index is 0.278. The lowest BCUT2D eigenvalue weighted by atomic mass is 9.98. The third-order valence-corrected chi connectivity index (χ3v) is 5.85. The molecule has 5 rings (SSSR count). The first kappa shape index (κ1) is 21.4. The third-order valence-electron chi connectivity index (χ3n) is 5.53. The molecule has 1 fully saturated rings. The predicted molar refractivity (Wildman–Crippen MR) is 122 cm³/mol. The molecule has 1 saturated heterocycles. The number of para-hydroxylation sites is 1. The Kier molecular flexibility index (Phi) is 5.71. The van der Waals surface area contributed by atoms with Gasteiger partial charge in [0.1, 0.15) is 6.33 Å². The first-order valence-electron chi connectivity index (χ1n) is 10.4. The Bertz CT molecular complexity index is 1300. The molecule has 0 spiro atoms. The van der Waals surface area contributed by atoms with Gasteiger partial charge in [-0.05, 0) is 19.1 Å². The fraction of sp³-hybridized carbons (Fsp3) is 0.273. The number of hydrogen-bond acceptors (Lipinski definition) is 8. The van der Waals surface area contributed by atoms with Gasteiger partial charge in [-0.1, -0.05) is 23.7 Å². The molecule has 168 valence electrons. The number of carbonyl (C=O) groups is 1. The summed E-state index contributed by atoms with van der Waals surface area (Å²) >= 11 is 6.37. The van der Waals surface area contributed by atoms with E-state index >= 15 is 0 Å². The van der Waals surface area contributed by atoms with Gasteiger partial charge < -0.3 is 10.4 Å². The SMILES string of the molecule is Cc1cnc(NC(=O)[C@@H](CN2CC(O)C2)c2ncnc3c2cnn3-c2ccccc2Cl)cn1. The zero-order chi connectivity index (χ0) is 22.9. The average molecular weight is 465 g/mol. The molecule has 1 atom stereocenters. The number of hydrogen-bond donors (Lipinski definition) is 2. The monoisotopic (exact) mass is 464 g/mol. The van der Waals surface area contributed by atoms with E-state index in [1.807, 2.05) is 30.0 Å². The zero-order valence-corrected chi connectivity index (χ0v) is 18.5. The van der Waals surface area contributed by atoms with Crippen LogP contribution in [-0.4, -0.2) is 71.4 Å². The van der Waals surface area contributed by atoms with Gasteiger partial charge in [-0.25, -0.2) is 19.6 Å². The van der Waals surface area contributed by atoms with E-state index in [1.165, 1.54) is 12.5 Å². The largest absolute Gasteiger partial charge is 0.390 e. The molecule has 33 heavy (non-hydrogen) atoms. The Morgan fingerprint density at radius 3 is 2.73 bits per heavy atom. The van der Waals surface area contributed by atoms with E-state index in [-0.39, 0.29) is 12.0 Å². The lowest BCUT2D eigenvalue weighted by Gasteiger charge is -2.37. The smallest absolute Gasteiger partial charge is 0.236 e. The second kappa shape index (κ2) is 8.81. The second-order valence-corrected chi connectivity index (χ2v) is 8.37. The van der Waals surface area contributed by atoms with Crippen LogP contribution in [0.4, 0.5) is 5.82 Å². The van der Waals surface area contributed by atoms with Crippen molar-refractivity contribution in [2.45, 2.75) is 18.9 Å². The molecule has 1 aromatic carbocycles. The van der Waals surface area contributed by atoms with Crippen LogP contribution in [0.25, 0.3) is 16.7 Å². The predicted octanol–water partition coefficient (Wildman–Crippen LogP) is 1.97. The quantitative estimate of drug-likeness (QED) is 0.444. The Balaban J connectivity index is 1.53. The highest BCUT2D eigenvalue weighted by Crippen LogP contribution is 2.29. The number of fused-ring (bicyclic) bond motifs is 1. The maximum Gasteiger partial charge on any atom is 0.236 e. The van der Waals surface area contributed by atoms with Crippen molar-refractivity contribution < 1.29 is 9.90 Å². The summed E-state index contributed by atoms with van der Waals surface area (Å²) in [6.07, 6.45) is 5.79. The number of likely N-dealkylation sites (tertiary alicyclic amines) is 1. The molecule has 4 aromatic rings. The molecule has 10 nitrogen and oxygen atoms in total. The van der Waals surface area contributed by atoms with Gasteiger partial charge in [0.15, 0.2) is 11.5 Å². The van der Waals surface area contributed by atoms with Crippen molar-refractivity contribution in [1.82, 2.24) is 34.6 Å². The third kappa shape index (κ3) is 4.28. The standard InChI is InChI=1S/C22H21ClN8O2/c1-13-6-25-19(8-24-13)29-22(33)16(11-30-9-14(32)10-30)20-15-7-28-31(21(15)27-12-26-20)18-5-3-2-4-17(18)23/h2-8,12,14,16,32H,9-11H2,1H3,(H,25,29,33)/t16-/m0/s1. The van der Waals surface area contributed by atoms with Crippen LogP contribution in [-0.2, 0) is 4.79 Å². The molecular weight excluding hydrogens is 444 g/mol. The summed E-state index contributed by atoms with van der Waals surface area (Å²) in [5, 5.41) is 18.2. The van der Waals surface area contributed by atoms with E-state index in [9.17, 15) is 9.90 Å². The van der Waals surface area contributed by atoms with E-state index in [0.717, 1.165) is 5.69 Å². The summed E-state index contributed by atoms with van der Waals surface area (Å²) in [4.78, 5) is 32.6. The number of halogens is 1. The van der Waals surface area contributed by atoms with Crippen molar-refractivity contribution in [1.29, 1.82) is 0 Å². The summed E-state index contributed by atoms with van der Waals surface area (Å²) in [5.74, 6) is -0.564. The molecule has 2 N–H and O–H groups in total. The fourth-order valence-electron chi connectivity index (χ4n) is 3.85. The van der Waals surface area contributed by atoms with Crippen molar-refractivity contribution >= 4 is 34.4 Å². The molecule has 4 heterocycles. The van der Waals surface area contributed by atoms with Crippen molar-refractivity contribution in [3.05, 3.63) is 65.6 Å². The zero-order valence-electron chi connectivity index (χ0n) is 17.8. The van der Waals surface area contributed by atoms with Gasteiger partial charge in [0.05, 0.1) is 58.1 Å². The number of amides is 1. The van der Waals surface area contributed by atoms with Crippen molar-refractivity contribution in [2.75, 3.05) is 25.0 Å². The summed E-state index contributed by atoms with van der Waals surface area (Å²) in [6.45, 7) is 3.21. The minimum Gasteiger partial charge on any atom is -0.390 e. The number of nitrogens with zero attached hydrogens (tertiary/aromatic N) is 7. The Hall–Kier alpha value is -3.47. The van der Waals surface area contributed by atoms with Gasteiger partial charge >= 0.3 is 0 Å². The van der Waals surface area contributed by atoms with Gasteiger partial charge in [-0.15, -0.1) is 0 Å². The summed E-state index contributed by atoms with van der Waals surface area (Å²) in [6, 6.07) is 7.33. The number of aliphatic hydroxyl groups excluding tert-OH is 1. The first-order chi connectivity index (χ1) is 16.0. The number of carbonyl (C=O) groups excluding carboxylic acids is 1. The molecule has 0 saturated carbocycles. The first-order valence-corrected chi connectivity index (χ1v) is 10.8. The van der Waals surface area contributed by atoms with Gasteiger partial charge in [-0.3, -0.25) is 14.7 Å². The minimum atomic E-state index is -0.644. The van der Waals surface area contributed by atoms with E-state index in [2.05, 4.69) is 30.4 Å². The Labute approximate surface area is 194 Å². The highest BCUT2D eigenvalue weighted by Gasteiger charge is 2.33. The Morgan fingerprint density at radius 2 is 2.00 bits per heavy atom. The average Bonchev–Trinajstić information content (AvgIpc) is 3.22. The van der Waals surface area contributed by atoms with Crippen LogP contribution in [0.3, 0.4) is 0 Å². The number of aromatic nitrogens is 6. The molecule has 11 heteroatoms. The fourth-order valence-corrected chi connectivity index (χ4v) is 4.07. The molecule has 0 radical (unpaired) electrons. The normalized spacial score (nSPS) is 15.4. The van der Waals surface area contributed by atoms with Crippen molar-refractivity contribution in [3.8, 4) is 5.69 Å². The molecule has 1 aliphatic rings. The number of rotatable bonds is 6. The molecule has 0 unspecified atom stereocenters. The number of aryl methyl sites for hydroxylation is 1. The molecule has 0 aliphatic carbocycles. The van der Waals surface area contributed by atoms with Gasteiger partial charge in [0.2, 0.25) is 5.91 Å². The maximum absolute atomic E-state index is 13.4. The van der Waals surface area contributed by atoms with E-state index in [1.54, 1.807) is 23.1 Å². The van der Waals surface area contributed by atoms with E-state index < -0.39 is 5.92 Å². The summed E-state index contributed by atoms with van der Waals surface area (Å²) < 4.78 is 1.64. The Morgan fingerprint density at radius 1 is 1.18 bits per heavy atom. The molecule has 1 amide bonds. The summed E-state index contributed by atoms with van der Waals surface area (Å²) in [5.41, 5.74) is 2.52.